The fourth-order valence-corrected chi connectivity index (χ4v) is 3.74. The highest BCUT2D eigenvalue weighted by atomic mass is 35.5. The molecule has 0 unspecified atom stereocenters. The predicted octanol–water partition coefficient (Wildman–Crippen LogP) is 5.96. The Labute approximate surface area is 190 Å². The third-order valence-corrected chi connectivity index (χ3v) is 5.44. The number of hydrazone groups is 1. The molecule has 1 N–H and O–H groups in total. The summed E-state index contributed by atoms with van der Waals surface area (Å²) >= 11 is 13.4. The quantitative estimate of drug-likeness (QED) is 0.318. The van der Waals surface area contributed by atoms with Gasteiger partial charge in [-0.1, -0.05) is 47.5 Å². The lowest BCUT2D eigenvalue weighted by atomic mass is 10.2. The molecule has 1 amide bonds. The minimum atomic E-state index is -0.153. The number of ether oxygens (including phenoxy) is 1. The van der Waals surface area contributed by atoms with E-state index in [-0.39, 0.29) is 5.91 Å². The van der Waals surface area contributed by atoms with Crippen molar-refractivity contribution in [3.63, 3.8) is 0 Å². The molecule has 0 aliphatic rings. The summed E-state index contributed by atoms with van der Waals surface area (Å²) in [5.74, 6) is 1.63. The SMILES string of the molecule is O=C(CSCc1cccc(Cl)c1)N/N=C\c1ccc(OCc2cccc(Cl)c2)cc1. The van der Waals surface area contributed by atoms with E-state index in [4.69, 9.17) is 27.9 Å². The maximum Gasteiger partial charge on any atom is 0.250 e. The van der Waals surface area contributed by atoms with Crippen molar-refractivity contribution < 1.29 is 9.53 Å². The second-order valence-corrected chi connectivity index (χ2v) is 8.26. The van der Waals surface area contributed by atoms with Gasteiger partial charge in [-0.15, -0.1) is 11.8 Å². The standard InChI is InChI=1S/C23H20Cl2N2O2S/c24-20-5-1-3-18(11-20)14-29-22-9-7-17(8-10-22)13-26-27-23(28)16-30-15-19-4-2-6-21(25)12-19/h1-13H,14-16H2,(H,27,28)/b26-13-. The molecule has 0 fully saturated rings. The molecule has 3 aromatic rings. The molecule has 0 aliphatic heterocycles. The van der Waals surface area contributed by atoms with E-state index < -0.39 is 0 Å². The molecule has 0 aliphatic carbocycles. The maximum absolute atomic E-state index is 11.9. The molecule has 0 radical (unpaired) electrons. The van der Waals surface area contributed by atoms with Crippen molar-refractivity contribution in [1.82, 2.24) is 5.43 Å². The summed E-state index contributed by atoms with van der Waals surface area (Å²) in [7, 11) is 0. The van der Waals surface area contributed by atoms with E-state index in [1.807, 2.05) is 72.8 Å². The van der Waals surface area contributed by atoms with E-state index in [0.717, 1.165) is 22.4 Å². The van der Waals surface area contributed by atoms with Crippen molar-refractivity contribution in [3.8, 4) is 5.75 Å². The number of halogens is 2. The third kappa shape index (κ3) is 7.75. The Morgan fingerprint density at radius 2 is 1.63 bits per heavy atom. The number of hydrogen-bond acceptors (Lipinski definition) is 4. The molecule has 0 atom stereocenters. The molecule has 7 heteroatoms. The first-order chi connectivity index (χ1) is 14.6. The van der Waals surface area contributed by atoms with Gasteiger partial charge in [-0.3, -0.25) is 4.79 Å². The highest BCUT2D eigenvalue weighted by molar-refractivity contribution is 7.99. The first-order valence-electron chi connectivity index (χ1n) is 9.20. The number of carbonyl (C=O) groups excluding carboxylic acids is 1. The van der Waals surface area contributed by atoms with Crippen molar-refractivity contribution in [2.24, 2.45) is 5.10 Å². The summed E-state index contributed by atoms with van der Waals surface area (Å²) in [6.07, 6.45) is 1.60. The lowest BCUT2D eigenvalue weighted by molar-refractivity contribution is -0.118. The van der Waals surface area contributed by atoms with Crippen LogP contribution in [-0.4, -0.2) is 17.9 Å². The fourth-order valence-electron chi connectivity index (χ4n) is 2.54. The summed E-state index contributed by atoms with van der Waals surface area (Å²) in [5.41, 5.74) is 5.48. The normalized spacial score (nSPS) is 10.9. The monoisotopic (exact) mass is 458 g/mol. The number of hydrogen-bond donors (Lipinski definition) is 1. The lowest BCUT2D eigenvalue weighted by Crippen LogP contribution is -2.19. The highest BCUT2D eigenvalue weighted by Gasteiger charge is 2.02. The number of rotatable bonds is 9. The van der Waals surface area contributed by atoms with Crippen LogP contribution >= 0.6 is 35.0 Å². The van der Waals surface area contributed by atoms with Crippen LogP contribution in [0.1, 0.15) is 16.7 Å². The second-order valence-electron chi connectivity index (χ2n) is 6.40. The molecule has 0 saturated heterocycles. The van der Waals surface area contributed by atoms with Gasteiger partial charge in [-0.25, -0.2) is 5.43 Å². The average molecular weight is 459 g/mol. The zero-order valence-corrected chi connectivity index (χ0v) is 18.4. The molecule has 0 heterocycles. The van der Waals surface area contributed by atoms with Crippen molar-refractivity contribution in [3.05, 3.63) is 99.5 Å². The zero-order chi connectivity index (χ0) is 21.2. The van der Waals surface area contributed by atoms with E-state index in [1.165, 1.54) is 11.8 Å². The van der Waals surface area contributed by atoms with Crippen LogP contribution in [0.25, 0.3) is 0 Å². The Kier molecular flexibility index (Phi) is 8.63. The van der Waals surface area contributed by atoms with Gasteiger partial charge in [-0.05, 0) is 65.2 Å². The van der Waals surface area contributed by atoms with Crippen molar-refractivity contribution >= 4 is 47.1 Å². The van der Waals surface area contributed by atoms with Gasteiger partial charge in [0.15, 0.2) is 0 Å². The number of nitrogens with zero attached hydrogens (tertiary/aromatic N) is 1. The van der Waals surface area contributed by atoms with E-state index in [1.54, 1.807) is 6.21 Å². The Bertz CT molecular complexity index is 1010. The van der Waals surface area contributed by atoms with E-state index in [2.05, 4.69) is 10.5 Å². The van der Waals surface area contributed by atoms with Crippen LogP contribution in [0.15, 0.2) is 77.9 Å². The molecule has 4 nitrogen and oxygen atoms in total. The number of amides is 1. The van der Waals surface area contributed by atoms with Crippen molar-refractivity contribution in [2.75, 3.05) is 5.75 Å². The van der Waals surface area contributed by atoms with E-state index in [0.29, 0.717) is 28.2 Å². The summed E-state index contributed by atoms with van der Waals surface area (Å²) < 4.78 is 5.75. The van der Waals surface area contributed by atoms with Crippen LogP contribution in [0.2, 0.25) is 10.0 Å². The third-order valence-electron chi connectivity index (χ3n) is 3.97. The molecule has 0 spiro atoms. The molecular weight excluding hydrogens is 439 g/mol. The van der Waals surface area contributed by atoms with Gasteiger partial charge in [0.1, 0.15) is 12.4 Å². The van der Waals surface area contributed by atoms with Crippen LogP contribution in [0.3, 0.4) is 0 Å². The first-order valence-corrected chi connectivity index (χ1v) is 11.1. The summed E-state index contributed by atoms with van der Waals surface area (Å²) in [5, 5.41) is 5.38. The summed E-state index contributed by atoms with van der Waals surface area (Å²) in [6, 6.07) is 22.6. The molecule has 30 heavy (non-hydrogen) atoms. The molecule has 3 rings (SSSR count). The maximum atomic E-state index is 11.9. The summed E-state index contributed by atoms with van der Waals surface area (Å²) in [6.45, 7) is 0.441. The smallest absolute Gasteiger partial charge is 0.250 e. The highest BCUT2D eigenvalue weighted by Crippen LogP contribution is 2.17. The second kappa shape index (κ2) is 11.6. The fraction of sp³-hybridized carbons (Fsp3) is 0.130. The first kappa shape index (κ1) is 22.2. The number of thioether (sulfide) groups is 1. The van der Waals surface area contributed by atoms with Gasteiger partial charge in [0.2, 0.25) is 5.91 Å². The Morgan fingerprint density at radius 3 is 2.33 bits per heavy atom. The van der Waals surface area contributed by atoms with Gasteiger partial charge in [0.05, 0.1) is 12.0 Å². The van der Waals surface area contributed by atoms with Crippen molar-refractivity contribution in [1.29, 1.82) is 0 Å². The minimum absolute atomic E-state index is 0.153. The van der Waals surface area contributed by atoms with Gasteiger partial charge >= 0.3 is 0 Å². The van der Waals surface area contributed by atoms with Crippen molar-refractivity contribution in [2.45, 2.75) is 12.4 Å². The zero-order valence-electron chi connectivity index (χ0n) is 16.1. The van der Waals surface area contributed by atoms with Crippen LogP contribution in [0.4, 0.5) is 0 Å². The predicted molar refractivity (Wildman–Crippen MR) is 126 cm³/mol. The molecule has 0 bridgehead atoms. The van der Waals surface area contributed by atoms with Gasteiger partial charge < -0.3 is 4.74 Å². The Hall–Kier alpha value is -2.47. The van der Waals surface area contributed by atoms with Crippen LogP contribution < -0.4 is 10.2 Å². The number of carbonyl (C=O) groups is 1. The van der Waals surface area contributed by atoms with Crippen LogP contribution in [0.5, 0.6) is 5.75 Å². The number of benzene rings is 3. The molecule has 0 aromatic heterocycles. The average Bonchev–Trinajstić information content (AvgIpc) is 2.73. The van der Waals surface area contributed by atoms with Gasteiger partial charge in [0.25, 0.3) is 0 Å². The number of nitrogens with one attached hydrogen (secondary N) is 1. The Balaban J connectivity index is 1.38. The summed E-state index contributed by atoms with van der Waals surface area (Å²) in [4.78, 5) is 11.9. The molecule has 3 aromatic carbocycles. The topological polar surface area (TPSA) is 50.7 Å². The van der Waals surface area contributed by atoms with Crippen LogP contribution in [-0.2, 0) is 17.2 Å². The minimum Gasteiger partial charge on any atom is -0.489 e. The van der Waals surface area contributed by atoms with Crippen LogP contribution in [0, 0.1) is 0 Å². The van der Waals surface area contributed by atoms with E-state index >= 15 is 0 Å². The largest absolute Gasteiger partial charge is 0.489 e. The Morgan fingerprint density at radius 1 is 0.967 bits per heavy atom. The van der Waals surface area contributed by atoms with Gasteiger partial charge in [0, 0.05) is 15.8 Å². The van der Waals surface area contributed by atoms with E-state index in [9.17, 15) is 4.79 Å². The molecular formula is C23H20Cl2N2O2S. The molecule has 0 saturated carbocycles. The van der Waals surface area contributed by atoms with Gasteiger partial charge in [-0.2, -0.15) is 5.10 Å². The lowest BCUT2D eigenvalue weighted by Gasteiger charge is -2.06. The molecule has 154 valence electrons.